The third-order valence-electron chi connectivity index (χ3n) is 5.82. The van der Waals surface area contributed by atoms with Crippen LogP contribution in [0, 0.1) is 0 Å². The Morgan fingerprint density at radius 2 is 2.00 bits per heavy atom. The van der Waals surface area contributed by atoms with Gasteiger partial charge in [0.05, 0.1) is 16.5 Å². The monoisotopic (exact) mass is 426 g/mol. The minimum absolute atomic E-state index is 0.157. The van der Waals surface area contributed by atoms with Crippen LogP contribution in [0.5, 0.6) is 0 Å². The molecule has 0 amide bonds. The van der Waals surface area contributed by atoms with Crippen LogP contribution in [-0.2, 0) is 9.84 Å². The number of benzene rings is 1. The van der Waals surface area contributed by atoms with E-state index in [0.29, 0.717) is 19.6 Å². The molecule has 2 saturated heterocycles. The summed E-state index contributed by atoms with van der Waals surface area (Å²) in [5.41, 5.74) is 1.19. The standard InChI is InChI=1S/C20H31ClN4O2S/c1-20(2)15-25(11-12-28(20,26)27)19(22-3)23-14-18(24-9-4-5-10-24)16-7-6-8-17(21)13-16/h6-8,13,18H,4-5,9-12,14-15H2,1-3H3,(H,22,23). The molecule has 8 heteroatoms. The zero-order chi connectivity index (χ0) is 20.4. The summed E-state index contributed by atoms with van der Waals surface area (Å²) in [6, 6.07) is 8.25. The maximum Gasteiger partial charge on any atom is 0.193 e. The van der Waals surface area contributed by atoms with Gasteiger partial charge in [0.15, 0.2) is 15.8 Å². The van der Waals surface area contributed by atoms with Crippen LogP contribution in [0.4, 0.5) is 0 Å². The third-order valence-corrected chi connectivity index (χ3v) is 8.59. The first-order valence-electron chi connectivity index (χ1n) is 9.91. The van der Waals surface area contributed by atoms with Gasteiger partial charge in [0, 0.05) is 31.7 Å². The van der Waals surface area contributed by atoms with E-state index >= 15 is 0 Å². The van der Waals surface area contributed by atoms with E-state index in [9.17, 15) is 8.42 Å². The zero-order valence-electron chi connectivity index (χ0n) is 17.0. The number of hydrogen-bond acceptors (Lipinski definition) is 4. The summed E-state index contributed by atoms with van der Waals surface area (Å²) in [6.07, 6.45) is 2.42. The molecule has 156 valence electrons. The van der Waals surface area contributed by atoms with Crippen LogP contribution in [-0.4, -0.2) is 74.4 Å². The van der Waals surface area contributed by atoms with E-state index in [-0.39, 0.29) is 11.8 Å². The second-order valence-corrected chi connectivity index (χ2v) is 11.4. The van der Waals surface area contributed by atoms with Gasteiger partial charge in [0.25, 0.3) is 0 Å². The second kappa shape index (κ2) is 8.59. The molecular weight excluding hydrogens is 396 g/mol. The molecule has 2 fully saturated rings. The Balaban J connectivity index is 1.73. The van der Waals surface area contributed by atoms with E-state index in [1.165, 1.54) is 18.4 Å². The van der Waals surface area contributed by atoms with E-state index in [1.54, 1.807) is 20.9 Å². The minimum Gasteiger partial charge on any atom is -0.354 e. The number of rotatable bonds is 4. The Morgan fingerprint density at radius 3 is 2.61 bits per heavy atom. The van der Waals surface area contributed by atoms with Crippen molar-refractivity contribution in [1.82, 2.24) is 15.1 Å². The fraction of sp³-hybridized carbons (Fsp3) is 0.650. The maximum absolute atomic E-state index is 12.3. The molecule has 3 rings (SSSR count). The van der Waals surface area contributed by atoms with Crippen molar-refractivity contribution >= 4 is 27.4 Å². The van der Waals surface area contributed by atoms with E-state index in [4.69, 9.17) is 11.6 Å². The van der Waals surface area contributed by atoms with E-state index in [1.807, 2.05) is 18.2 Å². The van der Waals surface area contributed by atoms with Gasteiger partial charge in [0.1, 0.15) is 0 Å². The van der Waals surface area contributed by atoms with Crippen LogP contribution >= 0.6 is 11.6 Å². The van der Waals surface area contributed by atoms with E-state index < -0.39 is 14.6 Å². The van der Waals surface area contributed by atoms with Crippen molar-refractivity contribution < 1.29 is 8.42 Å². The lowest BCUT2D eigenvalue weighted by Crippen LogP contribution is -2.57. The first-order chi connectivity index (χ1) is 13.2. The highest BCUT2D eigenvalue weighted by molar-refractivity contribution is 7.92. The topological polar surface area (TPSA) is 65.0 Å². The Morgan fingerprint density at radius 1 is 1.29 bits per heavy atom. The van der Waals surface area contributed by atoms with Crippen molar-refractivity contribution in [1.29, 1.82) is 0 Å². The van der Waals surface area contributed by atoms with Crippen LogP contribution < -0.4 is 5.32 Å². The van der Waals surface area contributed by atoms with Crippen molar-refractivity contribution in [3.05, 3.63) is 34.9 Å². The summed E-state index contributed by atoms with van der Waals surface area (Å²) in [5.74, 6) is 0.916. The fourth-order valence-corrected chi connectivity index (χ4v) is 5.63. The van der Waals surface area contributed by atoms with Gasteiger partial charge in [-0.15, -0.1) is 0 Å². The van der Waals surface area contributed by atoms with Crippen molar-refractivity contribution in [2.24, 2.45) is 4.99 Å². The van der Waals surface area contributed by atoms with Crippen LogP contribution in [0.25, 0.3) is 0 Å². The highest BCUT2D eigenvalue weighted by Crippen LogP contribution is 2.27. The zero-order valence-corrected chi connectivity index (χ0v) is 18.6. The first kappa shape index (κ1) is 21.4. The minimum atomic E-state index is -3.08. The highest BCUT2D eigenvalue weighted by Gasteiger charge is 2.41. The molecular formula is C20H31ClN4O2S. The number of sulfone groups is 1. The van der Waals surface area contributed by atoms with Crippen molar-refractivity contribution in [2.75, 3.05) is 45.5 Å². The predicted octanol–water partition coefficient (Wildman–Crippen LogP) is 2.56. The van der Waals surface area contributed by atoms with E-state index in [0.717, 1.165) is 24.1 Å². The molecule has 6 nitrogen and oxygen atoms in total. The highest BCUT2D eigenvalue weighted by atomic mass is 35.5. The average molecular weight is 427 g/mol. The molecule has 0 spiro atoms. The van der Waals surface area contributed by atoms with E-state index in [2.05, 4.69) is 26.2 Å². The quantitative estimate of drug-likeness (QED) is 0.592. The third kappa shape index (κ3) is 4.63. The molecule has 0 radical (unpaired) electrons. The molecule has 0 aromatic heterocycles. The SMILES string of the molecule is CN=C(NCC(c1cccc(Cl)c1)N1CCCC1)N1CCS(=O)(=O)C(C)(C)C1. The summed E-state index contributed by atoms with van der Waals surface area (Å²) in [5, 5.41) is 4.24. The molecule has 2 aliphatic rings. The molecule has 1 aromatic rings. The summed E-state index contributed by atoms with van der Waals surface area (Å²) in [4.78, 5) is 8.97. The summed E-state index contributed by atoms with van der Waals surface area (Å²) in [7, 11) is -1.32. The van der Waals surface area contributed by atoms with Crippen molar-refractivity contribution in [3.8, 4) is 0 Å². The summed E-state index contributed by atoms with van der Waals surface area (Å²) < 4.78 is 23.8. The Kier molecular flexibility index (Phi) is 6.57. The van der Waals surface area contributed by atoms with Crippen LogP contribution in [0.2, 0.25) is 5.02 Å². The number of halogens is 1. The number of aliphatic imine (C=N–C) groups is 1. The lowest BCUT2D eigenvalue weighted by Gasteiger charge is -2.39. The molecule has 1 atom stereocenters. The molecule has 0 bridgehead atoms. The predicted molar refractivity (Wildman–Crippen MR) is 116 cm³/mol. The second-order valence-electron chi connectivity index (χ2n) is 8.24. The van der Waals surface area contributed by atoms with Crippen molar-refractivity contribution in [3.63, 3.8) is 0 Å². The van der Waals surface area contributed by atoms with Crippen LogP contribution in [0.1, 0.15) is 38.3 Å². The number of likely N-dealkylation sites (tertiary alicyclic amines) is 1. The summed E-state index contributed by atoms with van der Waals surface area (Å²) in [6.45, 7) is 7.36. The molecule has 1 N–H and O–H groups in total. The average Bonchev–Trinajstić information content (AvgIpc) is 3.16. The maximum atomic E-state index is 12.3. The lowest BCUT2D eigenvalue weighted by molar-refractivity contribution is 0.242. The normalized spacial score (nSPS) is 23.6. The largest absolute Gasteiger partial charge is 0.354 e. The smallest absolute Gasteiger partial charge is 0.193 e. The lowest BCUT2D eigenvalue weighted by atomic mass is 10.1. The molecule has 2 aliphatic heterocycles. The van der Waals surface area contributed by atoms with Gasteiger partial charge in [-0.1, -0.05) is 23.7 Å². The van der Waals surface area contributed by atoms with Gasteiger partial charge in [-0.25, -0.2) is 8.42 Å². The number of hydrogen-bond donors (Lipinski definition) is 1. The van der Waals surface area contributed by atoms with Gasteiger partial charge in [-0.2, -0.15) is 0 Å². The van der Waals surface area contributed by atoms with Gasteiger partial charge < -0.3 is 10.2 Å². The summed E-state index contributed by atoms with van der Waals surface area (Å²) >= 11 is 6.24. The Labute approximate surface area is 173 Å². The Hall–Kier alpha value is -1.31. The molecule has 0 saturated carbocycles. The molecule has 0 aliphatic carbocycles. The first-order valence-corrected chi connectivity index (χ1v) is 11.9. The molecule has 1 aromatic carbocycles. The van der Waals surface area contributed by atoms with Crippen LogP contribution in [0.15, 0.2) is 29.3 Å². The van der Waals surface area contributed by atoms with Gasteiger partial charge >= 0.3 is 0 Å². The Bertz CT molecular complexity index is 819. The number of guanidine groups is 1. The fourth-order valence-electron chi connectivity index (χ4n) is 4.07. The van der Waals surface area contributed by atoms with Gasteiger partial charge in [0.2, 0.25) is 0 Å². The number of nitrogens with zero attached hydrogens (tertiary/aromatic N) is 3. The van der Waals surface area contributed by atoms with Gasteiger partial charge in [-0.3, -0.25) is 9.89 Å². The van der Waals surface area contributed by atoms with Crippen molar-refractivity contribution in [2.45, 2.75) is 37.5 Å². The van der Waals surface area contributed by atoms with Gasteiger partial charge in [-0.05, 0) is 57.5 Å². The molecule has 1 unspecified atom stereocenters. The molecule has 28 heavy (non-hydrogen) atoms. The molecule has 2 heterocycles. The number of nitrogens with one attached hydrogen (secondary N) is 1. The van der Waals surface area contributed by atoms with Crippen LogP contribution in [0.3, 0.4) is 0 Å².